The Labute approximate surface area is 186 Å². The van der Waals surface area contributed by atoms with Crippen LogP contribution in [0.15, 0.2) is 66.9 Å². The summed E-state index contributed by atoms with van der Waals surface area (Å²) in [4.78, 5) is 20.6. The molecule has 0 saturated carbocycles. The van der Waals surface area contributed by atoms with Crippen LogP contribution in [-0.2, 0) is 11.3 Å². The zero-order chi connectivity index (χ0) is 22.3. The van der Waals surface area contributed by atoms with Crippen LogP contribution in [0.4, 0.5) is 5.95 Å². The number of unbranched alkanes of at least 4 members (excludes halogenated alkanes) is 2. The third-order valence-electron chi connectivity index (χ3n) is 5.31. The fourth-order valence-corrected chi connectivity index (χ4v) is 3.69. The Morgan fingerprint density at radius 1 is 1.03 bits per heavy atom. The van der Waals surface area contributed by atoms with Gasteiger partial charge >= 0.3 is 5.97 Å². The Balaban J connectivity index is 1.32. The highest BCUT2D eigenvalue weighted by Gasteiger charge is 2.12. The van der Waals surface area contributed by atoms with Gasteiger partial charge in [0, 0.05) is 18.3 Å². The minimum absolute atomic E-state index is 0.390. The number of esters is 1. The predicted octanol–water partition coefficient (Wildman–Crippen LogP) is 4.72. The lowest BCUT2D eigenvalue weighted by atomic mass is 10.1. The zero-order valence-corrected chi connectivity index (χ0v) is 18.0. The number of aromatic nitrogens is 3. The number of anilines is 1. The van der Waals surface area contributed by atoms with Crippen LogP contribution in [0.1, 0.15) is 29.6 Å². The predicted molar refractivity (Wildman–Crippen MR) is 125 cm³/mol. The van der Waals surface area contributed by atoms with E-state index in [2.05, 4.69) is 14.5 Å². The van der Waals surface area contributed by atoms with Crippen LogP contribution in [0.3, 0.4) is 0 Å². The van der Waals surface area contributed by atoms with Gasteiger partial charge in [-0.3, -0.25) is 4.98 Å². The number of carbonyl (C=O) groups excluding carboxylic acids is 1. The van der Waals surface area contributed by atoms with Gasteiger partial charge in [-0.25, -0.2) is 9.78 Å². The lowest BCUT2D eigenvalue weighted by molar-refractivity contribution is 0.0600. The molecule has 7 nitrogen and oxygen atoms in total. The molecule has 2 N–H and O–H groups in total. The number of carbonyl (C=O) groups is 1. The summed E-state index contributed by atoms with van der Waals surface area (Å²) >= 11 is 0. The first-order valence-electron chi connectivity index (χ1n) is 10.6. The zero-order valence-electron chi connectivity index (χ0n) is 18.0. The van der Waals surface area contributed by atoms with E-state index in [9.17, 15) is 4.79 Å². The van der Waals surface area contributed by atoms with E-state index >= 15 is 0 Å². The van der Waals surface area contributed by atoms with Gasteiger partial charge in [-0.1, -0.05) is 24.3 Å². The molecule has 0 amide bonds. The molecule has 0 unspecified atom stereocenters. The number of aryl methyl sites for hydroxylation is 1. The molecule has 164 valence electrons. The standard InChI is InChI=1S/C25H26N4O3/c1-31-24(30)18-13-14-27-21(17-18)19-9-3-6-12-23(19)32-16-8-2-7-15-29-22-11-5-4-10-20(22)28-25(29)26/h3-6,9-14,17H,2,7-8,15-16H2,1H3,(H2,26,28). The van der Waals surface area contributed by atoms with Gasteiger partial charge in [0.05, 0.1) is 36.0 Å². The lowest BCUT2D eigenvalue weighted by Gasteiger charge is -2.12. The highest BCUT2D eigenvalue weighted by atomic mass is 16.5. The average molecular weight is 431 g/mol. The Morgan fingerprint density at radius 2 is 1.84 bits per heavy atom. The number of nitrogen functional groups attached to an aromatic ring is 1. The third kappa shape index (κ3) is 4.72. The highest BCUT2D eigenvalue weighted by molar-refractivity contribution is 5.90. The summed E-state index contributed by atoms with van der Waals surface area (Å²) in [6, 6.07) is 19.0. The van der Waals surface area contributed by atoms with Crippen molar-refractivity contribution in [2.24, 2.45) is 0 Å². The fraction of sp³-hybridized carbons (Fsp3) is 0.240. The van der Waals surface area contributed by atoms with Crippen molar-refractivity contribution in [3.05, 3.63) is 72.4 Å². The number of ether oxygens (including phenoxy) is 2. The minimum atomic E-state index is -0.390. The van der Waals surface area contributed by atoms with Crippen molar-refractivity contribution >= 4 is 23.0 Å². The highest BCUT2D eigenvalue weighted by Crippen LogP contribution is 2.29. The van der Waals surface area contributed by atoms with Gasteiger partial charge in [0.25, 0.3) is 0 Å². The monoisotopic (exact) mass is 430 g/mol. The molecule has 0 radical (unpaired) electrons. The normalized spacial score (nSPS) is 10.9. The third-order valence-corrected chi connectivity index (χ3v) is 5.31. The van der Waals surface area contributed by atoms with E-state index in [1.807, 2.05) is 48.5 Å². The van der Waals surface area contributed by atoms with Crippen molar-refractivity contribution in [3.63, 3.8) is 0 Å². The number of hydrogen-bond acceptors (Lipinski definition) is 6. The van der Waals surface area contributed by atoms with Crippen LogP contribution in [0.2, 0.25) is 0 Å². The van der Waals surface area contributed by atoms with Crippen molar-refractivity contribution in [1.82, 2.24) is 14.5 Å². The molecular formula is C25H26N4O3. The summed E-state index contributed by atoms with van der Waals surface area (Å²) in [6.45, 7) is 1.42. The molecule has 4 rings (SSSR count). The molecule has 0 spiro atoms. The molecule has 32 heavy (non-hydrogen) atoms. The molecule has 0 bridgehead atoms. The van der Waals surface area contributed by atoms with Gasteiger partial charge < -0.3 is 19.8 Å². The van der Waals surface area contributed by atoms with Crippen LogP contribution in [0.5, 0.6) is 5.75 Å². The van der Waals surface area contributed by atoms with Crippen molar-refractivity contribution in [1.29, 1.82) is 0 Å². The Kier molecular flexibility index (Phi) is 6.65. The maximum absolute atomic E-state index is 11.8. The van der Waals surface area contributed by atoms with Gasteiger partial charge in [0.1, 0.15) is 5.75 Å². The second-order valence-electron chi connectivity index (χ2n) is 7.44. The second-order valence-corrected chi connectivity index (χ2v) is 7.44. The van der Waals surface area contributed by atoms with E-state index < -0.39 is 5.97 Å². The van der Waals surface area contributed by atoms with Crippen molar-refractivity contribution in [2.45, 2.75) is 25.8 Å². The summed E-state index contributed by atoms with van der Waals surface area (Å²) in [5.41, 5.74) is 10.0. The van der Waals surface area contributed by atoms with Gasteiger partial charge in [-0.05, 0) is 55.7 Å². The summed E-state index contributed by atoms with van der Waals surface area (Å²) in [7, 11) is 1.36. The molecule has 0 aliphatic heterocycles. The number of fused-ring (bicyclic) bond motifs is 1. The van der Waals surface area contributed by atoms with E-state index in [0.29, 0.717) is 23.8 Å². The number of hydrogen-bond donors (Lipinski definition) is 1. The van der Waals surface area contributed by atoms with E-state index in [-0.39, 0.29) is 0 Å². The second kappa shape index (κ2) is 9.96. The van der Waals surface area contributed by atoms with Crippen molar-refractivity contribution in [2.75, 3.05) is 19.5 Å². The van der Waals surface area contributed by atoms with Gasteiger partial charge in [-0.15, -0.1) is 0 Å². The number of para-hydroxylation sites is 3. The van der Waals surface area contributed by atoms with Crippen molar-refractivity contribution in [3.8, 4) is 17.0 Å². The quantitative estimate of drug-likeness (QED) is 0.305. The van der Waals surface area contributed by atoms with E-state index in [4.69, 9.17) is 15.2 Å². The molecule has 2 aromatic heterocycles. The number of imidazole rings is 1. The Morgan fingerprint density at radius 3 is 2.72 bits per heavy atom. The fourth-order valence-electron chi connectivity index (χ4n) is 3.69. The van der Waals surface area contributed by atoms with Gasteiger partial charge in [-0.2, -0.15) is 0 Å². The Hall–Kier alpha value is -3.87. The Bertz CT molecular complexity index is 1220. The topological polar surface area (TPSA) is 92.3 Å². The van der Waals surface area contributed by atoms with E-state index in [1.165, 1.54) is 7.11 Å². The van der Waals surface area contributed by atoms with Crippen LogP contribution in [0, 0.1) is 0 Å². The smallest absolute Gasteiger partial charge is 0.337 e. The van der Waals surface area contributed by atoms with Crippen LogP contribution in [-0.4, -0.2) is 34.2 Å². The summed E-state index contributed by atoms with van der Waals surface area (Å²) in [6.07, 6.45) is 4.50. The molecule has 7 heteroatoms. The molecule has 0 atom stereocenters. The van der Waals surface area contributed by atoms with Gasteiger partial charge in [0.15, 0.2) is 0 Å². The number of rotatable bonds is 9. The minimum Gasteiger partial charge on any atom is -0.493 e. The van der Waals surface area contributed by atoms with Crippen LogP contribution < -0.4 is 10.5 Å². The summed E-state index contributed by atoms with van der Waals surface area (Å²) < 4.78 is 12.9. The number of benzene rings is 2. The molecule has 0 aliphatic rings. The first-order chi connectivity index (χ1) is 15.7. The summed E-state index contributed by atoms with van der Waals surface area (Å²) in [5.74, 6) is 0.906. The maximum Gasteiger partial charge on any atom is 0.337 e. The van der Waals surface area contributed by atoms with Crippen LogP contribution in [0.25, 0.3) is 22.3 Å². The van der Waals surface area contributed by atoms with Crippen molar-refractivity contribution < 1.29 is 14.3 Å². The SMILES string of the molecule is COC(=O)c1ccnc(-c2ccccc2OCCCCCn2c(N)nc3ccccc32)c1. The molecule has 4 aromatic rings. The molecule has 2 aromatic carbocycles. The number of methoxy groups -OCH3 is 1. The number of nitrogens with zero attached hydrogens (tertiary/aromatic N) is 3. The molecule has 0 fully saturated rings. The van der Waals surface area contributed by atoms with E-state index in [0.717, 1.165) is 48.2 Å². The number of nitrogens with two attached hydrogens (primary N) is 1. The van der Waals surface area contributed by atoms with E-state index in [1.54, 1.807) is 18.3 Å². The maximum atomic E-state index is 11.8. The first-order valence-corrected chi connectivity index (χ1v) is 10.6. The largest absolute Gasteiger partial charge is 0.493 e. The molecule has 0 aliphatic carbocycles. The number of pyridine rings is 1. The lowest BCUT2D eigenvalue weighted by Crippen LogP contribution is -2.05. The summed E-state index contributed by atoms with van der Waals surface area (Å²) in [5, 5.41) is 0. The van der Waals surface area contributed by atoms with Crippen LogP contribution >= 0.6 is 0 Å². The molecule has 0 saturated heterocycles. The molecule has 2 heterocycles. The average Bonchev–Trinajstić information content (AvgIpc) is 3.16. The van der Waals surface area contributed by atoms with Gasteiger partial charge in [0.2, 0.25) is 5.95 Å². The first kappa shape index (κ1) is 21.4. The molecular weight excluding hydrogens is 404 g/mol.